The first kappa shape index (κ1) is 12.6. The van der Waals surface area contributed by atoms with Crippen LogP contribution in [0.1, 0.15) is 13.8 Å². The zero-order valence-electron chi connectivity index (χ0n) is 9.25. The predicted molar refractivity (Wildman–Crippen MR) is 62.6 cm³/mol. The second-order valence-electron chi connectivity index (χ2n) is 3.72. The lowest BCUT2D eigenvalue weighted by Crippen LogP contribution is -2.04. The van der Waals surface area contributed by atoms with Gasteiger partial charge < -0.3 is 0 Å². The number of benzene rings is 1. The number of carbonyl (C=O) groups excluding carboxylic acids is 1. The molecule has 0 saturated heterocycles. The normalized spacial score (nSPS) is 12.2. The van der Waals surface area contributed by atoms with Gasteiger partial charge in [-0.05, 0) is 18.2 Å². The van der Waals surface area contributed by atoms with Crippen LogP contribution in [0.5, 0.6) is 0 Å². The fourth-order valence-electron chi connectivity index (χ4n) is 1.04. The van der Waals surface area contributed by atoms with Gasteiger partial charge in [-0.2, -0.15) is 0 Å². The highest BCUT2D eigenvalue weighted by molar-refractivity contribution is 7.94. The first-order chi connectivity index (χ1) is 7.43. The lowest BCUT2D eigenvalue weighted by molar-refractivity contribution is -0.117. The smallest absolute Gasteiger partial charge is 0.199 e. The Hall–Kier alpha value is -1.42. The molecular weight excluding hydrogens is 224 g/mol. The average Bonchev–Trinajstić information content (AvgIpc) is 2.27. The maximum absolute atomic E-state index is 11.7. The van der Waals surface area contributed by atoms with E-state index < -0.39 is 9.84 Å². The first-order valence-corrected chi connectivity index (χ1v) is 6.50. The fourth-order valence-corrected chi connectivity index (χ4v) is 2.04. The molecule has 0 aliphatic carbocycles. The highest BCUT2D eigenvalue weighted by Crippen LogP contribution is 2.11. The molecule has 1 rings (SSSR count). The van der Waals surface area contributed by atoms with Crippen molar-refractivity contribution < 1.29 is 13.2 Å². The predicted octanol–water partition coefficient (Wildman–Crippen LogP) is 2.20. The van der Waals surface area contributed by atoms with Crippen molar-refractivity contribution in [2.75, 3.05) is 0 Å². The summed E-state index contributed by atoms with van der Waals surface area (Å²) in [5, 5.41) is 0.963. The van der Waals surface area contributed by atoms with Gasteiger partial charge in [0.15, 0.2) is 15.6 Å². The third-order valence-corrected chi connectivity index (χ3v) is 3.48. The number of hydrogen-bond donors (Lipinski definition) is 0. The Balaban J connectivity index is 2.94. The van der Waals surface area contributed by atoms with E-state index in [0.29, 0.717) is 0 Å². The summed E-state index contributed by atoms with van der Waals surface area (Å²) in [5.74, 6) is -0.387. The van der Waals surface area contributed by atoms with E-state index in [1.165, 1.54) is 12.1 Å². The highest BCUT2D eigenvalue weighted by atomic mass is 32.2. The largest absolute Gasteiger partial charge is 0.295 e. The molecule has 0 aliphatic rings. The Morgan fingerprint density at radius 1 is 1.19 bits per heavy atom. The number of hydrogen-bond acceptors (Lipinski definition) is 3. The van der Waals surface area contributed by atoms with E-state index in [1.54, 1.807) is 32.0 Å². The second kappa shape index (κ2) is 5.07. The van der Waals surface area contributed by atoms with Crippen LogP contribution in [0.15, 0.2) is 46.7 Å². The summed E-state index contributed by atoms with van der Waals surface area (Å²) in [5.41, 5.74) is 0. The van der Waals surface area contributed by atoms with E-state index in [0.717, 1.165) is 11.5 Å². The highest BCUT2D eigenvalue weighted by Gasteiger charge is 2.10. The molecule has 0 atom stereocenters. The molecule has 1 aromatic carbocycles. The van der Waals surface area contributed by atoms with Crippen LogP contribution in [0.3, 0.4) is 0 Å². The molecule has 0 spiro atoms. The summed E-state index contributed by atoms with van der Waals surface area (Å²) in [4.78, 5) is 11.5. The molecule has 16 heavy (non-hydrogen) atoms. The van der Waals surface area contributed by atoms with Crippen LogP contribution in [0, 0.1) is 5.92 Å². The van der Waals surface area contributed by atoms with Crippen molar-refractivity contribution >= 4 is 15.6 Å². The van der Waals surface area contributed by atoms with Crippen molar-refractivity contribution in [1.29, 1.82) is 0 Å². The van der Waals surface area contributed by atoms with Gasteiger partial charge >= 0.3 is 0 Å². The summed E-state index contributed by atoms with van der Waals surface area (Å²) in [7, 11) is -3.49. The van der Waals surface area contributed by atoms with E-state index in [1.807, 2.05) is 0 Å². The summed E-state index contributed by atoms with van der Waals surface area (Å²) < 4.78 is 23.4. The summed E-state index contributed by atoms with van der Waals surface area (Å²) in [6.07, 6.45) is 1.12. The minimum absolute atomic E-state index is 0.192. The second-order valence-corrected chi connectivity index (χ2v) is 5.55. The Morgan fingerprint density at radius 2 is 1.75 bits per heavy atom. The van der Waals surface area contributed by atoms with Crippen LogP contribution in [0.2, 0.25) is 0 Å². The van der Waals surface area contributed by atoms with E-state index >= 15 is 0 Å². The number of allylic oxidation sites excluding steroid dienone is 1. The number of carbonyl (C=O) groups is 1. The van der Waals surface area contributed by atoms with Crippen LogP contribution in [0.4, 0.5) is 0 Å². The van der Waals surface area contributed by atoms with Crippen LogP contribution >= 0.6 is 0 Å². The lowest BCUT2D eigenvalue weighted by atomic mass is 10.1. The summed E-state index contributed by atoms with van der Waals surface area (Å²) in [6.45, 7) is 3.45. The van der Waals surface area contributed by atoms with E-state index in [-0.39, 0.29) is 16.6 Å². The van der Waals surface area contributed by atoms with Crippen molar-refractivity contribution in [2.45, 2.75) is 18.7 Å². The zero-order chi connectivity index (χ0) is 12.2. The van der Waals surface area contributed by atoms with Crippen molar-refractivity contribution in [1.82, 2.24) is 0 Å². The molecule has 0 aliphatic heterocycles. The van der Waals surface area contributed by atoms with Gasteiger partial charge in [-0.1, -0.05) is 32.0 Å². The SMILES string of the molecule is CC(C)C(=O)C=CS(=O)(=O)c1ccccc1. The Labute approximate surface area is 95.7 Å². The minimum atomic E-state index is -3.49. The first-order valence-electron chi connectivity index (χ1n) is 4.95. The van der Waals surface area contributed by atoms with Gasteiger partial charge in [-0.15, -0.1) is 0 Å². The van der Waals surface area contributed by atoms with Crippen LogP contribution in [-0.2, 0) is 14.6 Å². The lowest BCUT2D eigenvalue weighted by Gasteiger charge is -1.99. The molecule has 86 valence electrons. The van der Waals surface area contributed by atoms with E-state index in [2.05, 4.69) is 0 Å². The Kier molecular flexibility index (Phi) is 4.01. The topological polar surface area (TPSA) is 51.2 Å². The van der Waals surface area contributed by atoms with Gasteiger partial charge in [0, 0.05) is 11.3 Å². The van der Waals surface area contributed by atoms with Gasteiger partial charge in [-0.3, -0.25) is 4.79 Å². The van der Waals surface area contributed by atoms with Gasteiger partial charge in [0.2, 0.25) is 0 Å². The van der Waals surface area contributed by atoms with Crippen LogP contribution in [0.25, 0.3) is 0 Å². The molecule has 0 aromatic heterocycles. The van der Waals surface area contributed by atoms with E-state index in [4.69, 9.17) is 0 Å². The molecule has 4 heteroatoms. The van der Waals surface area contributed by atoms with E-state index in [9.17, 15) is 13.2 Å². The summed E-state index contributed by atoms with van der Waals surface area (Å²) in [6, 6.07) is 8.02. The zero-order valence-corrected chi connectivity index (χ0v) is 10.1. The molecule has 0 amide bonds. The monoisotopic (exact) mass is 238 g/mol. The number of sulfone groups is 1. The maximum atomic E-state index is 11.7. The third-order valence-electron chi connectivity index (χ3n) is 2.05. The van der Waals surface area contributed by atoms with Gasteiger partial charge in [0.05, 0.1) is 4.90 Å². The number of ketones is 1. The summed E-state index contributed by atoms with van der Waals surface area (Å²) >= 11 is 0. The quantitative estimate of drug-likeness (QED) is 0.756. The molecule has 0 saturated carbocycles. The average molecular weight is 238 g/mol. The van der Waals surface area contributed by atoms with Gasteiger partial charge in [-0.25, -0.2) is 8.42 Å². The molecule has 0 bridgehead atoms. The Morgan fingerprint density at radius 3 is 2.25 bits per heavy atom. The molecule has 1 aromatic rings. The third kappa shape index (κ3) is 3.31. The molecule has 0 fully saturated rings. The Bertz CT molecular complexity index is 484. The van der Waals surface area contributed by atoms with Crippen molar-refractivity contribution in [2.24, 2.45) is 5.92 Å². The standard InChI is InChI=1S/C12H14O3S/c1-10(2)12(13)8-9-16(14,15)11-6-4-3-5-7-11/h3-10H,1-2H3. The molecule has 0 radical (unpaired) electrons. The van der Waals surface area contributed by atoms with Gasteiger partial charge in [0.25, 0.3) is 0 Å². The minimum Gasteiger partial charge on any atom is -0.295 e. The van der Waals surface area contributed by atoms with Crippen molar-refractivity contribution in [3.05, 3.63) is 41.8 Å². The molecular formula is C12H14O3S. The fraction of sp³-hybridized carbons (Fsp3) is 0.250. The van der Waals surface area contributed by atoms with Gasteiger partial charge in [0.1, 0.15) is 0 Å². The maximum Gasteiger partial charge on any atom is 0.199 e. The molecule has 3 nitrogen and oxygen atoms in total. The molecule has 0 unspecified atom stereocenters. The number of rotatable bonds is 4. The van der Waals surface area contributed by atoms with Crippen molar-refractivity contribution in [3.8, 4) is 0 Å². The van der Waals surface area contributed by atoms with Crippen LogP contribution < -0.4 is 0 Å². The molecule has 0 N–H and O–H groups in total. The van der Waals surface area contributed by atoms with Crippen molar-refractivity contribution in [3.63, 3.8) is 0 Å². The molecule has 0 heterocycles. The van der Waals surface area contributed by atoms with Crippen LogP contribution in [-0.4, -0.2) is 14.2 Å².